The van der Waals surface area contributed by atoms with E-state index < -0.39 is 0 Å². The van der Waals surface area contributed by atoms with Crippen LogP contribution in [0.1, 0.15) is 16.9 Å². The Hall–Kier alpha value is -3.93. The lowest BCUT2D eigenvalue weighted by molar-refractivity contribution is -0.384. The van der Waals surface area contributed by atoms with E-state index >= 15 is 0 Å². The molecule has 1 aromatic heterocycles. The fraction of sp³-hybridized carbons (Fsp3) is 0.0870. The number of hydrogen-bond acceptors (Lipinski definition) is 5. The maximum absolute atomic E-state index is 11.4. The second-order valence-electron chi connectivity index (χ2n) is 6.81. The number of nitro groups is 1. The van der Waals surface area contributed by atoms with E-state index in [2.05, 4.69) is 10.5 Å². The van der Waals surface area contributed by atoms with Crippen LogP contribution >= 0.6 is 0 Å². The lowest BCUT2D eigenvalue weighted by Gasteiger charge is -2.05. The summed E-state index contributed by atoms with van der Waals surface area (Å²) in [4.78, 5) is 11.0. The molecule has 0 unspecified atom stereocenters. The highest BCUT2D eigenvalue weighted by Crippen LogP contribution is 2.33. The van der Waals surface area contributed by atoms with E-state index in [0.717, 1.165) is 27.6 Å². The van der Waals surface area contributed by atoms with Gasteiger partial charge in [-0.1, -0.05) is 36.4 Å². The molecule has 3 aromatic carbocycles. The Labute approximate surface area is 167 Å². The number of furan rings is 1. The standard InChI is InChI=1S/C23H19N3O3/c1-15-12-20(22(26(27)28)13-16(15)2)23-11-10-18(29-23)14-24-25-21-9-5-7-17-6-3-4-8-19(17)21/h3-14,25H,1-2H3. The fourth-order valence-corrected chi connectivity index (χ4v) is 3.20. The third-order valence-corrected chi connectivity index (χ3v) is 4.87. The predicted molar refractivity (Wildman–Crippen MR) is 115 cm³/mol. The Kier molecular flexibility index (Phi) is 4.83. The number of hydrogen-bond donors (Lipinski definition) is 1. The highest BCUT2D eigenvalue weighted by atomic mass is 16.6. The van der Waals surface area contributed by atoms with Crippen LogP contribution in [0.4, 0.5) is 11.4 Å². The van der Waals surface area contributed by atoms with Crippen LogP contribution in [-0.4, -0.2) is 11.1 Å². The van der Waals surface area contributed by atoms with Gasteiger partial charge in [0.25, 0.3) is 5.69 Å². The third-order valence-electron chi connectivity index (χ3n) is 4.87. The normalized spacial score (nSPS) is 11.2. The molecule has 1 heterocycles. The number of rotatable bonds is 5. The van der Waals surface area contributed by atoms with E-state index in [9.17, 15) is 10.1 Å². The largest absolute Gasteiger partial charge is 0.455 e. The Balaban J connectivity index is 1.59. The summed E-state index contributed by atoms with van der Waals surface area (Å²) in [6.07, 6.45) is 1.55. The second-order valence-corrected chi connectivity index (χ2v) is 6.81. The van der Waals surface area contributed by atoms with Crippen molar-refractivity contribution >= 4 is 28.4 Å². The SMILES string of the molecule is Cc1cc(-c2ccc(C=NNc3cccc4ccccc34)o2)c([N+](=O)[O-])cc1C. The van der Waals surface area contributed by atoms with E-state index in [1.54, 1.807) is 30.5 Å². The first-order valence-corrected chi connectivity index (χ1v) is 9.15. The zero-order valence-electron chi connectivity index (χ0n) is 16.0. The minimum atomic E-state index is -0.389. The number of nitrogens with zero attached hydrogens (tertiary/aromatic N) is 2. The smallest absolute Gasteiger partial charge is 0.280 e. The molecule has 0 atom stereocenters. The fourth-order valence-electron chi connectivity index (χ4n) is 3.20. The molecule has 29 heavy (non-hydrogen) atoms. The van der Waals surface area contributed by atoms with Crippen LogP contribution in [0, 0.1) is 24.0 Å². The summed E-state index contributed by atoms with van der Waals surface area (Å²) in [5.74, 6) is 0.937. The van der Waals surface area contributed by atoms with Gasteiger partial charge in [-0.25, -0.2) is 0 Å². The molecule has 0 saturated heterocycles. The van der Waals surface area contributed by atoms with Gasteiger partial charge in [-0.15, -0.1) is 0 Å². The minimum Gasteiger partial charge on any atom is -0.455 e. The van der Waals surface area contributed by atoms with Crippen LogP contribution in [0.3, 0.4) is 0 Å². The summed E-state index contributed by atoms with van der Waals surface area (Å²) in [6.45, 7) is 3.77. The first-order chi connectivity index (χ1) is 14.0. The number of nitro benzene ring substituents is 1. The Morgan fingerprint density at radius 2 is 1.76 bits per heavy atom. The van der Waals surface area contributed by atoms with Gasteiger partial charge in [0.15, 0.2) is 0 Å². The molecule has 6 nitrogen and oxygen atoms in total. The van der Waals surface area contributed by atoms with Gasteiger partial charge >= 0.3 is 0 Å². The molecule has 6 heteroatoms. The van der Waals surface area contributed by atoms with Gasteiger partial charge in [-0.3, -0.25) is 15.5 Å². The Bertz CT molecular complexity index is 1240. The van der Waals surface area contributed by atoms with Gasteiger partial charge in [0.2, 0.25) is 0 Å². The number of nitrogens with one attached hydrogen (secondary N) is 1. The Morgan fingerprint density at radius 3 is 2.59 bits per heavy atom. The van der Waals surface area contributed by atoms with Gasteiger partial charge in [0, 0.05) is 11.5 Å². The van der Waals surface area contributed by atoms with Gasteiger partial charge in [-0.2, -0.15) is 5.10 Å². The topological polar surface area (TPSA) is 80.7 Å². The van der Waals surface area contributed by atoms with Crippen molar-refractivity contribution in [2.75, 3.05) is 5.43 Å². The van der Waals surface area contributed by atoms with E-state index in [4.69, 9.17) is 4.42 Å². The highest BCUT2D eigenvalue weighted by Gasteiger charge is 2.19. The van der Waals surface area contributed by atoms with Gasteiger partial charge in [0.1, 0.15) is 11.5 Å². The maximum Gasteiger partial charge on any atom is 0.280 e. The van der Waals surface area contributed by atoms with Crippen molar-refractivity contribution in [3.63, 3.8) is 0 Å². The van der Waals surface area contributed by atoms with Crippen molar-refractivity contribution < 1.29 is 9.34 Å². The van der Waals surface area contributed by atoms with Crippen molar-refractivity contribution in [2.24, 2.45) is 5.10 Å². The maximum atomic E-state index is 11.4. The van der Waals surface area contributed by atoms with E-state index in [1.165, 1.54) is 0 Å². The van der Waals surface area contributed by atoms with Crippen molar-refractivity contribution in [2.45, 2.75) is 13.8 Å². The van der Waals surface area contributed by atoms with Gasteiger partial charge in [0.05, 0.1) is 22.4 Å². The van der Waals surface area contributed by atoms with Gasteiger partial charge < -0.3 is 4.42 Å². The molecule has 0 fully saturated rings. The zero-order chi connectivity index (χ0) is 20.4. The average molecular weight is 385 g/mol. The predicted octanol–water partition coefficient (Wildman–Crippen LogP) is 6.07. The van der Waals surface area contributed by atoms with Crippen molar-refractivity contribution in [1.29, 1.82) is 0 Å². The molecule has 0 aliphatic carbocycles. The quantitative estimate of drug-likeness (QED) is 0.257. The molecular weight excluding hydrogens is 366 g/mol. The van der Waals surface area contributed by atoms with Crippen LogP contribution in [0.25, 0.3) is 22.1 Å². The molecule has 0 amide bonds. The second kappa shape index (κ2) is 7.59. The van der Waals surface area contributed by atoms with Crippen LogP contribution < -0.4 is 5.43 Å². The van der Waals surface area contributed by atoms with Crippen LogP contribution in [0.5, 0.6) is 0 Å². The van der Waals surface area contributed by atoms with E-state index in [0.29, 0.717) is 17.1 Å². The molecule has 0 bridgehead atoms. The van der Waals surface area contributed by atoms with Crippen LogP contribution in [0.15, 0.2) is 76.2 Å². The van der Waals surface area contributed by atoms with E-state index in [-0.39, 0.29) is 10.6 Å². The molecule has 0 saturated carbocycles. The Morgan fingerprint density at radius 1 is 1.00 bits per heavy atom. The summed E-state index contributed by atoms with van der Waals surface area (Å²) in [5.41, 5.74) is 6.24. The molecule has 4 aromatic rings. The monoisotopic (exact) mass is 385 g/mol. The van der Waals surface area contributed by atoms with Crippen LogP contribution in [0.2, 0.25) is 0 Å². The summed E-state index contributed by atoms with van der Waals surface area (Å²) < 4.78 is 5.79. The lowest BCUT2D eigenvalue weighted by atomic mass is 10.0. The molecular formula is C23H19N3O3. The summed E-state index contributed by atoms with van der Waals surface area (Å²) in [5, 5.41) is 17.9. The van der Waals surface area contributed by atoms with Gasteiger partial charge in [-0.05, 0) is 54.6 Å². The van der Waals surface area contributed by atoms with Crippen molar-refractivity contribution in [3.05, 3.63) is 93.7 Å². The summed E-state index contributed by atoms with van der Waals surface area (Å²) in [6, 6.07) is 20.8. The molecule has 0 radical (unpaired) electrons. The molecule has 144 valence electrons. The zero-order valence-corrected chi connectivity index (χ0v) is 16.0. The third kappa shape index (κ3) is 3.73. The number of hydrazone groups is 1. The number of anilines is 1. The van der Waals surface area contributed by atoms with Crippen LogP contribution in [-0.2, 0) is 0 Å². The highest BCUT2D eigenvalue weighted by molar-refractivity contribution is 5.94. The van der Waals surface area contributed by atoms with E-state index in [1.807, 2.05) is 56.3 Å². The number of fused-ring (bicyclic) bond motifs is 1. The number of benzene rings is 3. The summed E-state index contributed by atoms with van der Waals surface area (Å²) >= 11 is 0. The van der Waals surface area contributed by atoms with Crippen molar-refractivity contribution in [3.8, 4) is 11.3 Å². The first kappa shape index (κ1) is 18.4. The molecule has 0 spiro atoms. The molecule has 0 aliphatic heterocycles. The molecule has 0 aliphatic rings. The van der Waals surface area contributed by atoms with Crippen molar-refractivity contribution in [1.82, 2.24) is 0 Å². The lowest BCUT2D eigenvalue weighted by Crippen LogP contribution is -1.94. The average Bonchev–Trinajstić information content (AvgIpc) is 3.18. The molecule has 1 N–H and O–H groups in total. The first-order valence-electron chi connectivity index (χ1n) is 9.15. The minimum absolute atomic E-state index is 0.0276. The number of aryl methyl sites for hydroxylation is 2. The summed E-state index contributed by atoms with van der Waals surface area (Å²) in [7, 11) is 0. The molecule has 4 rings (SSSR count).